The lowest BCUT2D eigenvalue weighted by atomic mass is 9.95. The van der Waals surface area contributed by atoms with E-state index in [1.54, 1.807) is 23.9 Å². The number of nitrogens with zero attached hydrogens (tertiary/aromatic N) is 2. The summed E-state index contributed by atoms with van der Waals surface area (Å²) in [7, 11) is 3.50. The molecule has 0 saturated carbocycles. The zero-order valence-electron chi connectivity index (χ0n) is 13.8. The SMILES string of the molecule is CC(C)CC(CN)NC(=O)C1CCN(C(=O)N(C)C)CC1. The number of carbonyl (C=O) groups is 2. The Morgan fingerprint density at radius 2 is 1.86 bits per heavy atom. The first-order valence-corrected chi connectivity index (χ1v) is 7.81. The van der Waals surface area contributed by atoms with Crippen LogP contribution in [-0.4, -0.2) is 61.5 Å². The molecule has 122 valence electrons. The molecule has 1 fully saturated rings. The topological polar surface area (TPSA) is 78.7 Å². The first-order valence-electron chi connectivity index (χ1n) is 7.81. The van der Waals surface area contributed by atoms with Gasteiger partial charge in [-0.25, -0.2) is 4.79 Å². The summed E-state index contributed by atoms with van der Waals surface area (Å²) < 4.78 is 0. The van der Waals surface area contributed by atoms with E-state index in [0.717, 1.165) is 19.3 Å². The summed E-state index contributed by atoms with van der Waals surface area (Å²) in [5.74, 6) is 0.596. The molecule has 6 heteroatoms. The van der Waals surface area contributed by atoms with Gasteiger partial charge in [0.25, 0.3) is 0 Å². The molecule has 0 aromatic heterocycles. The fourth-order valence-corrected chi connectivity index (χ4v) is 2.72. The summed E-state index contributed by atoms with van der Waals surface area (Å²) in [5, 5.41) is 3.06. The van der Waals surface area contributed by atoms with Gasteiger partial charge in [0.1, 0.15) is 0 Å². The van der Waals surface area contributed by atoms with Crippen LogP contribution < -0.4 is 11.1 Å². The number of carbonyl (C=O) groups excluding carboxylic acids is 2. The van der Waals surface area contributed by atoms with Gasteiger partial charge >= 0.3 is 6.03 Å². The smallest absolute Gasteiger partial charge is 0.319 e. The van der Waals surface area contributed by atoms with Crippen LogP contribution in [0.3, 0.4) is 0 Å². The van der Waals surface area contributed by atoms with Gasteiger partial charge in [-0.1, -0.05) is 13.8 Å². The highest BCUT2D eigenvalue weighted by atomic mass is 16.2. The average molecular weight is 298 g/mol. The maximum Gasteiger partial charge on any atom is 0.319 e. The van der Waals surface area contributed by atoms with Gasteiger partial charge in [-0.3, -0.25) is 4.79 Å². The van der Waals surface area contributed by atoms with Gasteiger partial charge in [-0.15, -0.1) is 0 Å². The molecule has 1 atom stereocenters. The number of amides is 3. The molecular weight excluding hydrogens is 268 g/mol. The number of nitrogens with one attached hydrogen (secondary N) is 1. The summed E-state index contributed by atoms with van der Waals surface area (Å²) in [4.78, 5) is 27.5. The predicted molar refractivity (Wildman–Crippen MR) is 83.8 cm³/mol. The molecule has 0 aliphatic carbocycles. The monoisotopic (exact) mass is 298 g/mol. The molecule has 3 N–H and O–H groups in total. The molecule has 6 nitrogen and oxygen atoms in total. The van der Waals surface area contributed by atoms with E-state index in [1.807, 2.05) is 0 Å². The van der Waals surface area contributed by atoms with Crippen molar-refractivity contribution in [1.82, 2.24) is 15.1 Å². The van der Waals surface area contributed by atoms with Crippen molar-refractivity contribution < 1.29 is 9.59 Å². The molecule has 0 radical (unpaired) electrons. The molecule has 21 heavy (non-hydrogen) atoms. The Labute approximate surface area is 128 Å². The lowest BCUT2D eigenvalue weighted by Gasteiger charge is -2.33. The number of urea groups is 1. The van der Waals surface area contributed by atoms with Crippen molar-refractivity contribution >= 4 is 11.9 Å². The number of nitrogens with two attached hydrogens (primary N) is 1. The molecule has 0 aromatic rings. The minimum Gasteiger partial charge on any atom is -0.352 e. The Morgan fingerprint density at radius 3 is 2.29 bits per heavy atom. The maximum atomic E-state index is 12.3. The number of hydrogen-bond donors (Lipinski definition) is 2. The van der Waals surface area contributed by atoms with Crippen LogP contribution in [0.1, 0.15) is 33.1 Å². The summed E-state index contributed by atoms with van der Waals surface area (Å²) in [6.45, 7) is 6.02. The van der Waals surface area contributed by atoms with Crippen molar-refractivity contribution in [2.24, 2.45) is 17.6 Å². The Balaban J connectivity index is 2.42. The van der Waals surface area contributed by atoms with Crippen molar-refractivity contribution in [2.45, 2.75) is 39.2 Å². The third-order valence-electron chi connectivity index (χ3n) is 3.91. The molecule has 0 spiro atoms. The molecule has 1 aliphatic rings. The molecule has 1 heterocycles. The van der Waals surface area contributed by atoms with Crippen LogP contribution in [0.25, 0.3) is 0 Å². The number of hydrogen-bond acceptors (Lipinski definition) is 3. The van der Waals surface area contributed by atoms with E-state index in [2.05, 4.69) is 19.2 Å². The van der Waals surface area contributed by atoms with E-state index < -0.39 is 0 Å². The van der Waals surface area contributed by atoms with Gasteiger partial charge in [-0.2, -0.15) is 0 Å². The van der Waals surface area contributed by atoms with Crippen molar-refractivity contribution in [3.05, 3.63) is 0 Å². The zero-order chi connectivity index (χ0) is 16.0. The second kappa shape index (κ2) is 8.22. The fraction of sp³-hybridized carbons (Fsp3) is 0.867. The molecule has 1 saturated heterocycles. The standard InChI is InChI=1S/C15H30N4O2/c1-11(2)9-13(10-16)17-14(20)12-5-7-19(8-6-12)15(21)18(3)4/h11-13H,5-10,16H2,1-4H3,(H,17,20). The summed E-state index contributed by atoms with van der Waals surface area (Å²) in [5.41, 5.74) is 5.72. The average Bonchev–Trinajstić information content (AvgIpc) is 2.45. The molecule has 0 aromatic carbocycles. The fourth-order valence-electron chi connectivity index (χ4n) is 2.72. The Hall–Kier alpha value is -1.30. The minimum absolute atomic E-state index is 0.00238. The third-order valence-corrected chi connectivity index (χ3v) is 3.91. The van der Waals surface area contributed by atoms with Crippen LogP contribution in [0.2, 0.25) is 0 Å². The lowest BCUT2D eigenvalue weighted by Crippen LogP contribution is -2.49. The number of piperidine rings is 1. The van der Waals surface area contributed by atoms with Crippen LogP contribution in [0.15, 0.2) is 0 Å². The first kappa shape index (κ1) is 17.8. The Kier molecular flexibility index (Phi) is 6.95. The van der Waals surface area contributed by atoms with E-state index in [1.165, 1.54) is 0 Å². The van der Waals surface area contributed by atoms with Crippen molar-refractivity contribution in [1.29, 1.82) is 0 Å². The van der Waals surface area contributed by atoms with Gasteiger partial charge in [0.15, 0.2) is 0 Å². The van der Waals surface area contributed by atoms with Crippen LogP contribution in [0.5, 0.6) is 0 Å². The number of likely N-dealkylation sites (tertiary alicyclic amines) is 1. The van der Waals surface area contributed by atoms with Gasteiger partial charge in [0.05, 0.1) is 0 Å². The highest BCUT2D eigenvalue weighted by Gasteiger charge is 2.28. The summed E-state index contributed by atoms with van der Waals surface area (Å²) >= 11 is 0. The zero-order valence-corrected chi connectivity index (χ0v) is 13.8. The quantitative estimate of drug-likeness (QED) is 0.790. The molecule has 1 aliphatic heterocycles. The molecule has 1 unspecified atom stereocenters. The van der Waals surface area contributed by atoms with E-state index >= 15 is 0 Å². The van der Waals surface area contributed by atoms with Gasteiger partial charge in [-0.05, 0) is 25.2 Å². The second-order valence-corrected chi connectivity index (χ2v) is 6.51. The van der Waals surface area contributed by atoms with E-state index in [-0.39, 0.29) is 23.9 Å². The highest BCUT2D eigenvalue weighted by Crippen LogP contribution is 2.18. The summed E-state index contributed by atoms with van der Waals surface area (Å²) in [6.07, 6.45) is 2.36. The second-order valence-electron chi connectivity index (χ2n) is 6.51. The van der Waals surface area contributed by atoms with Gasteiger partial charge in [0, 0.05) is 45.7 Å². The highest BCUT2D eigenvalue weighted by molar-refractivity contribution is 5.80. The van der Waals surface area contributed by atoms with Crippen LogP contribution in [0, 0.1) is 11.8 Å². The van der Waals surface area contributed by atoms with Crippen LogP contribution in [0.4, 0.5) is 4.79 Å². The Bertz CT molecular complexity index is 350. The maximum absolute atomic E-state index is 12.3. The van der Waals surface area contributed by atoms with Crippen LogP contribution in [-0.2, 0) is 4.79 Å². The van der Waals surface area contributed by atoms with E-state index in [9.17, 15) is 9.59 Å². The first-order chi connectivity index (χ1) is 9.85. The van der Waals surface area contributed by atoms with E-state index in [4.69, 9.17) is 5.73 Å². The molecule has 1 rings (SSSR count). The lowest BCUT2D eigenvalue weighted by molar-refractivity contribution is -0.127. The van der Waals surface area contributed by atoms with Gasteiger partial charge in [0.2, 0.25) is 5.91 Å². The third kappa shape index (κ3) is 5.53. The van der Waals surface area contributed by atoms with Gasteiger partial charge < -0.3 is 20.9 Å². The normalized spacial score (nSPS) is 17.7. The largest absolute Gasteiger partial charge is 0.352 e. The van der Waals surface area contributed by atoms with Crippen molar-refractivity contribution in [3.63, 3.8) is 0 Å². The van der Waals surface area contributed by atoms with Crippen LogP contribution >= 0.6 is 0 Å². The minimum atomic E-state index is -0.00238. The molecule has 3 amide bonds. The molecular formula is C15H30N4O2. The Morgan fingerprint density at radius 1 is 1.29 bits per heavy atom. The predicted octanol–water partition coefficient (Wildman–Crippen LogP) is 0.870. The molecule has 0 bridgehead atoms. The van der Waals surface area contributed by atoms with Crippen molar-refractivity contribution in [2.75, 3.05) is 33.7 Å². The number of rotatable bonds is 5. The summed E-state index contributed by atoms with van der Waals surface area (Å²) in [6, 6.07) is 0.0763. The van der Waals surface area contributed by atoms with Crippen molar-refractivity contribution in [3.8, 4) is 0 Å². The van der Waals surface area contributed by atoms with E-state index in [0.29, 0.717) is 25.6 Å².